The molecule has 0 aliphatic carbocycles. The lowest BCUT2D eigenvalue weighted by molar-refractivity contribution is -0.0225. The number of aromatic nitrogens is 3. The van der Waals surface area contributed by atoms with Crippen LogP contribution in [0.1, 0.15) is 45.7 Å². The summed E-state index contributed by atoms with van der Waals surface area (Å²) in [6.07, 6.45) is 1.21. The van der Waals surface area contributed by atoms with E-state index in [9.17, 15) is 14.4 Å². The number of nitrogens with zero attached hydrogens (tertiary/aromatic N) is 4. The molecule has 10 heteroatoms. The molecule has 0 unspecified atom stereocenters. The van der Waals surface area contributed by atoms with Crippen LogP contribution in [0.15, 0.2) is 35.3 Å². The van der Waals surface area contributed by atoms with Gasteiger partial charge in [0.1, 0.15) is 21.5 Å². The summed E-state index contributed by atoms with van der Waals surface area (Å²) in [4.78, 5) is 44.8. The summed E-state index contributed by atoms with van der Waals surface area (Å²) in [6, 6.07) is 6.48. The Hall–Kier alpha value is -3.11. The maximum Gasteiger partial charge on any atom is 0.274 e. The van der Waals surface area contributed by atoms with Gasteiger partial charge in [0.05, 0.1) is 13.2 Å². The van der Waals surface area contributed by atoms with Crippen LogP contribution >= 0.6 is 11.3 Å². The number of hydrogen-bond acceptors (Lipinski definition) is 7. The van der Waals surface area contributed by atoms with Gasteiger partial charge in [-0.2, -0.15) is 5.10 Å². The molecule has 4 heterocycles. The summed E-state index contributed by atoms with van der Waals surface area (Å²) in [5.41, 5.74) is 0.656. The average Bonchev–Trinajstić information content (AvgIpc) is 3.14. The smallest absolute Gasteiger partial charge is 0.274 e. The van der Waals surface area contributed by atoms with Crippen molar-refractivity contribution in [1.29, 1.82) is 0 Å². The van der Waals surface area contributed by atoms with Crippen LogP contribution < -0.4 is 10.9 Å². The third kappa shape index (κ3) is 4.21. The number of thiophene rings is 1. The summed E-state index contributed by atoms with van der Waals surface area (Å²) >= 11 is 1.32. The number of fused-ring (bicyclic) bond motifs is 1. The summed E-state index contributed by atoms with van der Waals surface area (Å²) < 4.78 is 7.15. The highest BCUT2D eigenvalue weighted by atomic mass is 32.1. The molecule has 1 aliphatic rings. The lowest BCUT2D eigenvalue weighted by atomic mass is 10.0. The van der Waals surface area contributed by atoms with Crippen molar-refractivity contribution < 1.29 is 14.3 Å². The van der Waals surface area contributed by atoms with Gasteiger partial charge < -0.3 is 15.0 Å². The van der Waals surface area contributed by atoms with Gasteiger partial charge in [0, 0.05) is 42.8 Å². The van der Waals surface area contributed by atoms with Gasteiger partial charge in [0.15, 0.2) is 0 Å². The number of aryl methyl sites for hydroxylation is 1. The molecule has 9 nitrogen and oxygen atoms in total. The number of pyridine rings is 1. The van der Waals surface area contributed by atoms with E-state index in [1.165, 1.54) is 30.5 Å². The minimum Gasteiger partial charge on any atom is -0.370 e. The van der Waals surface area contributed by atoms with Gasteiger partial charge in [-0.15, -0.1) is 11.3 Å². The molecule has 1 fully saturated rings. The molecule has 0 spiro atoms. The van der Waals surface area contributed by atoms with Gasteiger partial charge in [-0.1, -0.05) is 6.07 Å². The first-order valence-electron chi connectivity index (χ1n) is 9.98. The first-order chi connectivity index (χ1) is 14.8. The fraction of sp³-hybridized carbons (Fsp3) is 0.381. The average molecular weight is 442 g/mol. The SMILES string of the molecule is CC(C)NC(=O)c1sc2ncccc2c1[C@H]1CN(C(=O)c2ccc(=O)n(C)n2)CCO1. The summed E-state index contributed by atoms with van der Waals surface area (Å²) in [6.45, 7) is 4.80. The molecule has 2 amide bonds. The Labute approximate surface area is 182 Å². The van der Waals surface area contributed by atoms with Crippen molar-refractivity contribution in [3.63, 3.8) is 0 Å². The first-order valence-corrected chi connectivity index (χ1v) is 10.8. The van der Waals surface area contributed by atoms with Crippen LogP contribution in [-0.4, -0.2) is 57.2 Å². The van der Waals surface area contributed by atoms with E-state index in [0.717, 1.165) is 20.5 Å². The van der Waals surface area contributed by atoms with E-state index < -0.39 is 6.10 Å². The van der Waals surface area contributed by atoms with Crippen LogP contribution in [0.25, 0.3) is 10.2 Å². The highest BCUT2D eigenvalue weighted by Crippen LogP contribution is 2.37. The topological polar surface area (TPSA) is 106 Å². The zero-order chi connectivity index (χ0) is 22.1. The third-order valence-corrected chi connectivity index (χ3v) is 6.11. The second-order valence-electron chi connectivity index (χ2n) is 7.62. The second kappa shape index (κ2) is 8.56. The van der Waals surface area contributed by atoms with E-state index in [4.69, 9.17) is 4.74 Å². The molecule has 3 aromatic heterocycles. The van der Waals surface area contributed by atoms with Gasteiger partial charge in [-0.05, 0) is 26.0 Å². The largest absolute Gasteiger partial charge is 0.370 e. The minimum absolute atomic E-state index is 0.0142. The van der Waals surface area contributed by atoms with Crippen LogP contribution in [0, 0.1) is 0 Å². The number of hydrogen-bond donors (Lipinski definition) is 1. The van der Waals surface area contributed by atoms with Crippen LogP contribution in [0.3, 0.4) is 0 Å². The van der Waals surface area contributed by atoms with Crippen molar-refractivity contribution in [2.75, 3.05) is 19.7 Å². The number of nitrogens with one attached hydrogen (secondary N) is 1. The molecule has 1 atom stereocenters. The number of carbonyl (C=O) groups excluding carboxylic acids is 2. The third-order valence-electron chi connectivity index (χ3n) is 4.99. The Bertz CT molecular complexity index is 1200. The van der Waals surface area contributed by atoms with Crippen LogP contribution in [0.5, 0.6) is 0 Å². The second-order valence-corrected chi connectivity index (χ2v) is 8.62. The predicted molar refractivity (Wildman–Crippen MR) is 116 cm³/mol. The van der Waals surface area contributed by atoms with Crippen molar-refractivity contribution in [1.82, 2.24) is 25.0 Å². The van der Waals surface area contributed by atoms with Crippen molar-refractivity contribution in [3.05, 3.63) is 57.0 Å². The summed E-state index contributed by atoms with van der Waals surface area (Å²) in [5.74, 6) is -0.463. The molecular weight excluding hydrogens is 418 g/mol. The molecular formula is C21H23N5O4S. The van der Waals surface area contributed by atoms with Gasteiger partial charge in [0.2, 0.25) is 0 Å². The number of carbonyl (C=O) groups is 2. The van der Waals surface area contributed by atoms with Gasteiger partial charge in [0.25, 0.3) is 17.4 Å². The highest BCUT2D eigenvalue weighted by molar-refractivity contribution is 7.20. The number of rotatable bonds is 4. The Morgan fingerprint density at radius 1 is 1.29 bits per heavy atom. The Morgan fingerprint density at radius 2 is 2.10 bits per heavy atom. The summed E-state index contributed by atoms with van der Waals surface area (Å²) in [7, 11) is 1.51. The molecule has 1 aliphatic heterocycles. The molecule has 1 N–H and O–H groups in total. The van der Waals surface area contributed by atoms with E-state index >= 15 is 0 Å². The molecule has 3 aromatic rings. The number of morpholine rings is 1. The van der Waals surface area contributed by atoms with E-state index in [1.807, 2.05) is 26.0 Å². The lowest BCUT2D eigenvalue weighted by Gasteiger charge is -2.33. The summed E-state index contributed by atoms with van der Waals surface area (Å²) in [5, 5.41) is 7.85. The van der Waals surface area contributed by atoms with Crippen LogP contribution in [0.4, 0.5) is 0 Å². The monoisotopic (exact) mass is 441 g/mol. The van der Waals surface area contributed by atoms with Crippen molar-refractivity contribution in [2.24, 2.45) is 7.05 Å². The fourth-order valence-electron chi connectivity index (χ4n) is 3.55. The Balaban J connectivity index is 1.67. The first kappa shape index (κ1) is 21.1. The zero-order valence-electron chi connectivity index (χ0n) is 17.5. The van der Waals surface area contributed by atoms with E-state index in [-0.39, 0.29) is 35.7 Å². The zero-order valence-corrected chi connectivity index (χ0v) is 18.3. The molecule has 0 bridgehead atoms. The predicted octanol–water partition coefficient (Wildman–Crippen LogP) is 1.74. The quantitative estimate of drug-likeness (QED) is 0.661. The number of amides is 2. The van der Waals surface area contributed by atoms with Crippen molar-refractivity contribution >= 4 is 33.4 Å². The van der Waals surface area contributed by atoms with Gasteiger partial charge in [-0.25, -0.2) is 9.67 Å². The van der Waals surface area contributed by atoms with Crippen molar-refractivity contribution in [3.8, 4) is 0 Å². The van der Waals surface area contributed by atoms with E-state index in [0.29, 0.717) is 18.0 Å². The molecule has 4 rings (SSSR count). The lowest BCUT2D eigenvalue weighted by Crippen LogP contribution is -2.43. The van der Waals surface area contributed by atoms with Crippen molar-refractivity contribution in [2.45, 2.75) is 26.0 Å². The molecule has 0 saturated carbocycles. The number of ether oxygens (including phenoxy) is 1. The van der Waals surface area contributed by atoms with E-state index in [1.54, 1.807) is 11.1 Å². The standard InChI is InChI=1S/C21H23N5O4S/c1-12(2)23-19(28)18-17(13-5-4-8-22-20(13)31-18)15-11-26(9-10-30-15)21(29)14-6-7-16(27)25(3)24-14/h4-8,12,15H,9-11H2,1-3H3,(H,23,28)/t15-/m1/s1. The van der Waals surface area contributed by atoms with Gasteiger partial charge in [-0.3, -0.25) is 14.4 Å². The minimum atomic E-state index is -0.476. The Kier molecular flexibility index (Phi) is 5.84. The molecule has 0 radical (unpaired) electrons. The van der Waals surface area contributed by atoms with Crippen LogP contribution in [0.2, 0.25) is 0 Å². The van der Waals surface area contributed by atoms with Crippen LogP contribution in [-0.2, 0) is 11.8 Å². The highest BCUT2D eigenvalue weighted by Gasteiger charge is 2.32. The Morgan fingerprint density at radius 3 is 2.84 bits per heavy atom. The van der Waals surface area contributed by atoms with Gasteiger partial charge >= 0.3 is 0 Å². The normalized spacial score (nSPS) is 16.6. The molecule has 31 heavy (non-hydrogen) atoms. The maximum atomic E-state index is 13.0. The molecule has 0 aromatic carbocycles. The maximum absolute atomic E-state index is 13.0. The molecule has 1 saturated heterocycles. The van der Waals surface area contributed by atoms with E-state index in [2.05, 4.69) is 15.4 Å². The fourth-order valence-corrected chi connectivity index (χ4v) is 4.65. The molecule has 162 valence electrons.